The van der Waals surface area contributed by atoms with E-state index in [0.717, 1.165) is 26.4 Å². The molecule has 0 saturated carbocycles. The van der Waals surface area contributed by atoms with E-state index >= 15 is 0 Å². The fourth-order valence-corrected chi connectivity index (χ4v) is 2.43. The molecule has 0 N–H and O–H groups in total. The van der Waals surface area contributed by atoms with Crippen LogP contribution < -0.4 is 0 Å². The van der Waals surface area contributed by atoms with E-state index in [1.54, 1.807) is 0 Å². The first kappa shape index (κ1) is 25.3. The van der Waals surface area contributed by atoms with Crippen molar-refractivity contribution in [1.29, 1.82) is 0 Å². The maximum atomic E-state index is 5.03. The summed E-state index contributed by atoms with van der Waals surface area (Å²) in [7, 11) is 15.1. The zero-order valence-electron chi connectivity index (χ0n) is 15.6. The molecular weight excluding hydrogens is 593 g/mol. The molecular formula is C18H31Cl3O2U. The molecule has 0 aromatic rings. The molecule has 0 atom stereocenters. The third-order valence-corrected chi connectivity index (χ3v) is 4.47. The Hall–Kier alpha value is 1.32. The molecule has 2 fully saturated rings. The molecule has 3 aliphatic rings. The SMILES string of the molecule is C1CCOC1.C1CCOC1.C[C]1C(C)=C(C)C(C)=C1C.[Cl][U]([Cl])[Cl]. The van der Waals surface area contributed by atoms with Crippen molar-refractivity contribution in [1.82, 2.24) is 0 Å². The van der Waals surface area contributed by atoms with Gasteiger partial charge in [0, 0.05) is 32.3 Å². The number of hydrogen-bond acceptors (Lipinski definition) is 2. The molecule has 1 radical (unpaired) electrons. The van der Waals surface area contributed by atoms with E-state index in [1.165, 1.54) is 53.9 Å². The van der Waals surface area contributed by atoms with Crippen LogP contribution in [0.4, 0.5) is 0 Å². The van der Waals surface area contributed by atoms with E-state index in [2.05, 4.69) is 34.6 Å². The number of halogens is 3. The summed E-state index contributed by atoms with van der Waals surface area (Å²) in [5.41, 5.74) is 5.87. The molecule has 0 aromatic heterocycles. The van der Waals surface area contributed by atoms with Crippen LogP contribution in [0.25, 0.3) is 0 Å². The standard InChI is InChI=1S/C10H15.2C4H8O.3ClH.U/c1-6-7(2)9(4)10(5)8(6)3;2*1-2-4-5-3-1;;;;/h1-5H3;2*1-4H2;3*1H;/q;;;;;;+3/p-3. The Morgan fingerprint density at radius 2 is 0.833 bits per heavy atom. The molecule has 3 rings (SSSR count). The van der Waals surface area contributed by atoms with Crippen LogP contribution in [0.5, 0.6) is 0 Å². The topological polar surface area (TPSA) is 18.5 Å². The summed E-state index contributed by atoms with van der Waals surface area (Å²) >= 11 is -2.31. The first-order chi connectivity index (χ1) is 11.3. The van der Waals surface area contributed by atoms with Crippen LogP contribution >= 0.6 is 22.9 Å². The zero-order chi connectivity index (χ0) is 18.5. The fraction of sp³-hybridized carbons (Fsp3) is 0.722. The minimum absolute atomic E-state index is 1.00. The van der Waals surface area contributed by atoms with E-state index in [0.29, 0.717) is 0 Å². The van der Waals surface area contributed by atoms with Gasteiger partial charge in [0.15, 0.2) is 0 Å². The number of rotatable bonds is 0. The predicted octanol–water partition coefficient (Wildman–Crippen LogP) is 6.93. The second kappa shape index (κ2) is 15.4. The van der Waals surface area contributed by atoms with Crippen LogP contribution in [0.3, 0.4) is 0 Å². The van der Waals surface area contributed by atoms with Gasteiger partial charge in [0.25, 0.3) is 0 Å². The maximum absolute atomic E-state index is 5.03. The van der Waals surface area contributed by atoms with E-state index in [4.69, 9.17) is 32.3 Å². The molecule has 0 amide bonds. The van der Waals surface area contributed by atoms with Crippen molar-refractivity contribution in [3.05, 3.63) is 28.2 Å². The van der Waals surface area contributed by atoms with Crippen molar-refractivity contribution < 1.29 is 31.5 Å². The van der Waals surface area contributed by atoms with Gasteiger partial charge < -0.3 is 9.47 Å². The monoisotopic (exact) mass is 622 g/mol. The van der Waals surface area contributed by atoms with Crippen molar-refractivity contribution in [2.24, 2.45) is 0 Å². The van der Waals surface area contributed by atoms with E-state index in [9.17, 15) is 0 Å². The van der Waals surface area contributed by atoms with Gasteiger partial charge in [-0.1, -0.05) is 18.1 Å². The molecule has 2 saturated heterocycles. The van der Waals surface area contributed by atoms with Crippen molar-refractivity contribution in [2.45, 2.75) is 60.3 Å². The molecule has 0 bridgehead atoms. The Morgan fingerprint density at radius 1 is 0.583 bits per heavy atom. The summed E-state index contributed by atoms with van der Waals surface area (Å²) in [5, 5.41) is 0. The molecule has 2 aliphatic heterocycles. The molecule has 0 aromatic carbocycles. The first-order valence-electron chi connectivity index (χ1n) is 8.47. The van der Waals surface area contributed by atoms with Gasteiger partial charge in [0.1, 0.15) is 0 Å². The summed E-state index contributed by atoms with van der Waals surface area (Å²) in [5.74, 6) is 1.47. The van der Waals surface area contributed by atoms with E-state index in [1.807, 2.05) is 0 Å². The molecule has 24 heavy (non-hydrogen) atoms. The van der Waals surface area contributed by atoms with Gasteiger partial charge in [0.05, 0.1) is 0 Å². The Bertz CT molecular complexity index is 349. The van der Waals surface area contributed by atoms with Crippen LogP contribution in [0.1, 0.15) is 60.3 Å². The van der Waals surface area contributed by atoms with Crippen molar-refractivity contribution in [2.75, 3.05) is 26.4 Å². The van der Waals surface area contributed by atoms with E-state index in [-0.39, 0.29) is 0 Å². The Kier molecular flexibility index (Phi) is 16.2. The summed E-state index contributed by atoms with van der Waals surface area (Å²) in [6.07, 6.45) is 5.11. The normalized spacial score (nSPS) is 20.0. The molecule has 6 heteroatoms. The van der Waals surface area contributed by atoms with Crippen LogP contribution in [-0.4, -0.2) is 26.4 Å². The van der Waals surface area contributed by atoms with Crippen LogP contribution in [-0.2, 0) is 9.47 Å². The fourth-order valence-electron chi connectivity index (χ4n) is 2.43. The summed E-state index contributed by atoms with van der Waals surface area (Å²) in [6.45, 7) is 15.0. The Morgan fingerprint density at radius 3 is 0.917 bits per heavy atom. The molecule has 0 unspecified atom stereocenters. The van der Waals surface area contributed by atoms with Gasteiger partial charge >= 0.3 is 44.9 Å². The van der Waals surface area contributed by atoms with Gasteiger partial charge in [0.2, 0.25) is 0 Å². The number of ether oxygens (including phenoxy) is 2. The third kappa shape index (κ3) is 11.8. The van der Waals surface area contributed by atoms with Gasteiger partial charge in [-0.25, -0.2) is 0 Å². The first-order valence-corrected chi connectivity index (χ1v) is 23.8. The number of hydrogen-bond donors (Lipinski definition) is 0. The summed E-state index contributed by atoms with van der Waals surface area (Å²) in [4.78, 5) is 0. The summed E-state index contributed by atoms with van der Waals surface area (Å²) < 4.78 is 9.89. The van der Waals surface area contributed by atoms with Crippen molar-refractivity contribution in [3.63, 3.8) is 0 Å². The second-order valence-electron chi connectivity index (χ2n) is 5.98. The zero-order valence-corrected chi connectivity index (χ0v) is 22.0. The second-order valence-corrected chi connectivity index (χ2v) is 23.8. The molecule has 0 spiro atoms. The molecule has 140 valence electrons. The minimum atomic E-state index is -2.31. The van der Waals surface area contributed by atoms with Gasteiger partial charge in [-0.3, -0.25) is 0 Å². The predicted molar refractivity (Wildman–Crippen MR) is 103 cm³/mol. The van der Waals surface area contributed by atoms with Gasteiger partial charge in [-0.2, -0.15) is 0 Å². The average molecular weight is 624 g/mol. The van der Waals surface area contributed by atoms with Crippen molar-refractivity contribution >= 4 is 22.9 Å². The number of allylic oxidation sites excluding steroid dienone is 4. The van der Waals surface area contributed by atoms with Gasteiger partial charge in [-0.15, -0.1) is 0 Å². The molecule has 1 aliphatic carbocycles. The van der Waals surface area contributed by atoms with Crippen LogP contribution in [0.15, 0.2) is 22.3 Å². The van der Waals surface area contributed by atoms with Crippen LogP contribution in [0.2, 0.25) is 0 Å². The Balaban J connectivity index is 0.000000320. The average Bonchev–Trinajstić information content (AvgIpc) is 3.30. The van der Waals surface area contributed by atoms with Crippen LogP contribution in [0, 0.1) is 28.0 Å². The Labute approximate surface area is 168 Å². The summed E-state index contributed by atoms with van der Waals surface area (Å²) in [6, 6.07) is 0. The van der Waals surface area contributed by atoms with Crippen molar-refractivity contribution in [3.8, 4) is 0 Å². The quantitative estimate of drug-likeness (QED) is 0.292. The third-order valence-electron chi connectivity index (χ3n) is 4.47. The molecule has 2 heterocycles. The van der Waals surface area contributed by atoms with Gasteiger partial charge in [-0.05, 0) is 64.5 Å². The van der Waals surface area contributed by atoms with E-state index < -0.39 is 22.1 Å². The molecule has 2 nitrogen and oxygen atoms in total.